The van der Waals surface area contributed by atoms with Gasteiger partial charge < -0.3 is 5.32 Å². The molecule has 1 N–H and O–H groups in total. The fourth-order valence-electron chi connectivity index (χ4n) is 1.39. The molecular weight excluding hydrogens is 253 g/mol. The van der Waals surface area contributed by atoms with Crippen molar-refractivity contribution in [3.8, 4) is 6.07 Å². The molecule has 0 spiro atoms. The van der Waals surface area contributed by atoms with Crippen LogP contribution in [0.5, 0.6) is 0 Å². The van der Waals surface area contributed by atoms with Gasteiger partial charge >= 0.3 is 6.18 Å². The Kier molecular flexibility index (Phi) is 4.14. The molecule has 2 nitrogen and oxygen atoms in total. The molecule has 1 rings (SSSR count). The first-order chi connectivity index (χ1) is 8.55. The van der Waals surface area contributed by atoms with Crippen LogP contribution in [0.1, 0.15) is 38.8 Å². The molecule has 1 unspecified atom stereocenters. The van der Waals surface area contributed by atoms with Gasteiger partial charge in [0, 0.05) is 6.04 Å². The summed E-state index contributed by atoms with van der Waals surface area (Å²) in [5, 5.41) is 12.1. The molecule has 19 heavy (non-hydrogen) atoms. The third-order valence-electron chi connectivity index (χ3n) is 3.14. The second-order valence-corrected chi connectivity index (χ2v) is 5.60. The average molecular weight is 270 g/mol. The summed E-state index contributed by atoms with van der Waals surface area (Å²) in [5.41, 5.74) is -0.433. The fraction of sp³-hybridized carbons (Fsp3) is 0.500. The van der Waals surface area contributed by atoms with Crippen molar-refractivity contribution in [1.29, 1.82) is 5.26 Å². The molecule has 0 heterocycles. The van der Waals surface area contributed by atoms with Crippen molar-refractivity contribution in [3.63, 3.8) is 0 Å². The van der Waals surface area contributed by atoms with Gasteiger partial charge in [-0.2, -0.15) is 18.4 Å². The molecule has 0 aliphatic carbocycles. The Balaban J connectivity index is 3.08. The van der Waals surface area contributed by atoms with Gasteiger partial charge in [-0.3, -0.25) is 0 Å². The standard InChI is InChI=1S/C14H17F3N2/c1-9(13(2,3)4)19-12-6-5-11(14(15,16)17)7-10(12)8-18/h5-7,9,19H,1-4H3. The Bertz CT molecular complexity index is 493. The van der Waals surface area contributed by atoms with Gasteiger partial charge in [-0.25, -0.2) is 0 Å². The molecule has 0 aliphatic rings. The molecule has 1 aromatic rings. The average Bonchev–Trinajstić information content (AvgIpc) is 2.26. The maximum absolute atomic E-state index is 12.6. The van der Waals surface area contributed by atoms with Crippen LogP contribution in [-0.2, 0) is 6.18 Å². The number of nitriles is 1. The summed E-state index contributed by atoms with van der Waals surface area (Å²) in [7, 11) is 0. The number of halogens is 3. The highest BCUT2D eigenvalue weighted by Crippen LogP contribution is 2.32. The smallest absolute Gasteiger partial charge is 0.381 e. The van der Waals surface area contributed by atoms with Gasteiger partial charge in [0.05, 0.1) is 16.8 Å². The molecule has 1 aromatic carbocycles. The van der Waals surface area contributed by atoms with Gasteiger partial charge in [0.2, 0.25) is 0 Å². The van der Waals surface area contributed by atoms with E-state index in [1.54, 1.807) is 6.07 Å². The zero-order chi connectivity index (χ0) is 14.8. The van der Waals surface area contributed by atoms with Gasteiger partial charge in [0.25, 0.3) is 0 Å². The number of rotatable bonds is 2. The Labute approximate surface area is 111 Å². The van der Waals surface area contributed by atoms with E-state index in [1.165, 1.54) is 6.07 Å². The third-order valence-corrected chi connectivity index (χ3v) is 3.14. The van der Waals surface area contributed by atoms with Crippen molar-refractivity contribution in [2.75, 3.05) is 5.32 Å². The molecule has 0 bridgehead atoms. The van der Waals surface area contributed by atoms with Gasteiger partial charge in [-0.05, 0) is 30.5 Å². The lowest BCUT2D eigenvalue weighted by molar-refractivity contribution is -0.137. The number of hydrogen-bond donors (Lipinski definition) is 1. The van der Waals surface area contributed by atoms with E-state index in [2.05, 4.69) is 5.32 Å². The second-order valence-electron chi connectivity index (χ2n) is 5.60. The van der Waals surface area contributed by atoms with Crippen molar-refractivity contribution in [2.45, 2.75) is 39.9 Å². The second kappa shape index (κ2) is 5.12. The van der Waals surface area contributed by atoms with Crippen LogP contribution in [-0.4, -0.2) is 6.04 Å². The summed E-state index contributed by atoms with van der Waals surface area (Å²) in [4.78, 5) is 0. The van der Waals surface area contributed by atoms with Crippen molar-refractivity contribution < 1.29 is 13.2 Å². The Morgan fingerprint density at radius 1 is 1.21 bits per heavy atom. The van der Waals surface area contributed by atoms with Gasteiger partial charge in [-0.15, -0.1) is 0 Å². The molecule has 0 aliphatic heterocycles. The molecular formula is C14H17F3N2. The van der Waals surface area contributed by atoms with E-state index >= 15 is 0 Å². The van der Waals surface area contributed by atoms with Crippen molar-refractivity contribution in [3.05, 3.63) is 29.3 Å². The first-order valence-corrected chi connectivity index (χ1v) is 5.93. The molecule has 5 heteroatoms. The van der Waals surface area contributed by atoms with E-state index in [0.717, 1.165) is 12.1 Å². The third kappa shape index (κ3) is 3.88. The van der Waals surface area contributed by atoms with Gasteiger partial charge in [-0.1, -0.05) is 20.8 Å². The highest BCUT2D eigenvalue weighted by Gasteiger charge is 2.31. The van der Waals surface area contributed by atoms with Crippen LogP contribution in [0.25, 0.3) is 0 Å². The number of nitrogens with zero attached hydrogens (tertiary/aromatic N) is 1. The SMILES string of the molecule is CC(Nc1ccc(C(F)(F)F)cc1C#N)C(C)(C)C. The van der Waals surface area contributed by atoms with E-state index < -0.39 is 11.7 Å². The molecule has 0 radical (unpaired) electrons. The minimum absolute atomic E-state index is 0.00549. The summed E-state index contributed by atoms with van der Waals surface area (Å²) in [6, 6.07) is 4.99. The quantitative estimate of drug-likeness (QED) is 0.863. The minimum Gasteiger partial charge on any atom is -0.381 e. The lowest BCUT2D eigenvalue weighted by atomic mass is 9.87. The first-order valence-electron chi connectivity index (χ1n) is 5.93. The summed E-state index contributed by atoms with van der Waals surface area (Å²) in [5.74, 6) is 0. The predicted molar refractivity (Wildman–Crippen MR) is 68.7 cm³/mol. The van der Waals surface area contributed by atoms with E-state index in [9.17, 15) is 13.2 Å². The predicted octanol–water partition coefficient (Wildman–Crippen LogP) is 4.42. The lowest BCUT2D eigenvalue weighted by Crippen LogP contribution is -2.31. The molecule has 0 aromatic heterocycles. The van der Waals surface area contributed by atoms with Crippen molar-refractivity contribution in [1.82, 2.24) is 0 Å². The maximum Gasteiger partial charge on any atom is 0.416 e. The molecule has 104 valence electrons. The van der Waals surface area contributed by atoms with Gasteiger partial charge in [0.1, 0.15) is 6.07 Å². The first kappa shape index (κ1) is 15.4. The Morgan fingerprint density at radius 3 is 2.21 bits per heavy atom. The number of benzene rings is 1. The Morgan fingerprint density at radius 2 is 1.79 bits per heavy atom. The topological polar surface area (TPSA) is 35.8 Å². The summed E-state index contributed by atoms with van der Waals surface area (Å²) in [6.45, 7) is 7.97. The van der Waals surface area contributed by atoms with Crippen LogP contribution in [0.2, 0.25) is 0 Å². The molecule has 0 saturated carbocycles. The largest absolute Gasteiger partial charge is 0.416 e. The summed E-state index contributed by atoms with van der Waals surface area (Å²) < 4.78 is 37.7. The molecule has 0 amide bonds. The number of anilines is 1. The zero-order valence-electron chi connectivity index (χ0n) is 11.4. The highest BCUT2D eigenvalue weighted by molar-refractivity contribution is 5.59. The Hall–Kier alpha value is -1.70. The van der Waals surface area contributed by atoms with Crippen LogP contribution in [0.4, 0.5) is 18.9 Å². The zero-order valence-corrected chi connectivity index (χ0v) is 11.4. The van der Waals surface area contributed by atoms with E-state index in [1.807, 2.05) is 27.7 Å². The molecule has 1 atom stereocenters. The van der Waals surface area contributed by atoms with Gasteiger partial charge in [0.15, 0.2) is 0 Å². The number of nitrogens with one attached hydrogen (secondary N) is 1. The van der Waals surface area contributed by atoms with Crippen LogP contribution >= 0.6 is 0 Å². The minimum atomic E-state index is -4.43. The van der Waals surface area contributed by atoms with Crippen molar-refractivity contribution in [2.24, 2.45) is 5.41 Å². The summed E-state index contributed by atoms with van der Waals surface area (Å²) in [6.07, 6.45) is -4.43. The van der Waals surface area contributed by atoms with E-state index in [4.69, 9.17) is 5.26 Å². The maximum atomic E-state index is 12.6. The molecule has 0 fully saturated rings. The van der Waals surface area contributed by atoms with Crippen LogP contribution in [0, 0.1) is 16.7 Å². The van der Waals surface area contributed by atoms with Crippen LogP contribution in [0.3, 0.4) is 0 Å². The summed E-state index contributed by atoms with van der Waals surface area (Å²) >= 11 is 0. The van der Waals surface area contributed by atoms with Crippen LogP contribution in [0.15, 0.2) is 18.2 Å². The fourth-order valence-corrected chi connectivity index (χ4v) is 1.39. The van der Waals surface area contributed by atoms with Crippen molar-refractivity contribution >= 4 is 5.69 Å². The van der Waals surface area contributed by atoms with E-state index in [0.29, 0.717) is 5.69 Å². The number of hydrogen-bond acceptors (Lipinski definition) is 2. The number of alkyl halides is 3. The normalized spacial score (nSPS) is 13.8. The monoisotopic (exact) mass is 270 g/mol. The molecule has 0 saturated heterocycles. The van der Waals surface area contributed by atoms with Crippen LogP contribution < -0.4 is 5.32 Å². The highest BCUT2D eigenvalue weighted by atomic mass is 19.4. The lowest BCUT2D eigenvalue weighted by Gasteiger charge is -2.29. The van der Waals surface area contributed by atoms with E-state index in [-0.39, 0.29) is 17.0 Å².